The fraction of sp³-hybridized carbons (Fsp3) is 0.333. The summed E-state index contributed by atoms with van der Waals surface area (Å²) in [6, 6.07) is 0. The molecule has 2 aliphatic rings. The van der Waals surface area contributed by atoms with Crippen molar-refractivity contribution in [3.8, 4) is 0 Å². The quantitative estimate of drug-likeness (QED) is 0.236. The summed E-state index contributed by atoms with van der Waals surface area (Å²) in [5.74, 6) is -4.70. The molecular formula is C12H14F2N6O4S4. The number of nitrogens with zero attached hydrogens (tertiary/aromatic N) is 2. The first-order valence-electron chi connectivity index (χ1n) is 7.54. The number of nitrogens with one attached hydrogen (secondary N) is 2. The minimum atomic E-state index is -4.39. The van der Waals surface area contributed by atoms with Gasteiger partial charge in [-0.3, -0.25) is 10.4 Å². The SMILES string of the molecule is NC(=S)NNCCS(=O)(=O)c1c(F)c(F)c2c3c1SC(N)=NN3CCS2(=O)=O. The van der Waals surface area contributed by atoms with Crippen molar-refractivity contribution in [3.63, 3.8) is 0 Å². The molecule has 6 N–H and O–H groups in total. The monoisotopic (exact) mass is 472 g/mol. The van der Waals surface area contributed by atoms with Crippen LogP contribution in [0.1, 0.15) is 0 Å². The summed E-state index contributed by atoms with van der Waals surface area (Å²) in [5.41, 5.74) is 15.3. The minimum absolute atomic E-state index is 0.131. The molecule has 0 saturated heterocycles. The van der Waals surface area contributed by atoms with E-state index in [0.717, 1.165) is 5.01 Å². The number of thiocarbonyl (C=S) groups is 1. The smallest absolute Gasteiger partial charge is 0.185 e. The molecule has 0 fully saturated rings. The van der Waals surface area contributed by atoms with E-state index in [4.69, 9.17) is 11.5 Å². The molecule has 0 unspecified atom stereocenters. The third-order valence-corrected chi connectivity index (χ3v) is 8.40. The largest absolute Gasteiger partial charge is 0.377 e. The number of amidine groups is 1. The van der Waals surface area contributed by atoms with Crippen LogP contribution in [0.5, 0.6) is 0 Å². The average Bonchev–Trinajstić information content (AvgIpc) is 2.57. The van der Waals surface area contributed by atoms with Crippen LogP contribution in [0, 0.1) is 11.6 Å². The molecule has 0 atom stereocenters. The summed E-state index contributed by atoms with van der Waals surface area (Å²) in [5, 5.41) is 4.70. The number of nitrogens with two attached hydrogens (primary N) is 2. The summed E-state index contributed by atoms with van der Waals surface area (Å²) in [6.45, 7) is -0.416. The number of thioether (sulfide) groups is 1. The van der Waals surface area contributed by atoms with Crippen LogP contribution < -0.4 is 27.3 Å². The van der Waals surface area contributed by atoms with Gasteiger partial charge in [-0.15, -0.1) is 5.10 Å². The first kappa shape index (κ1) is 21.0. The first-order chi connectivity index (χ1) is 13.0. The zero-order valence-electron chi connectivity index (χ0n) is 13.9. The van der Waals surface area contributed by atoms with Crippen molar-refractivity contribution >= 4 is 59.6 Å². The van der Waals surface area contributed by atoms with Gasteiger partial charge in [0.05, 0.1) is 28.6 Å². The van der Waals surface area contributed by atoms with Gasteiger partial charge in [0.1, 0.15) is 9.79 Å². The molecule has 1 aromatic rings. The summed E-state index contributed by atoms with van der Waals surface area (Å²) in [6.07, 6.45) is 0. The van der Waals surface area contributed by atoms with Crippen LogP contribution in [0.4, 0.5) is 14.5 Å². The van der Waals surface area contributed by atoms with E-state index in [2.05, 4.69) is 28.2 Å². The van der Waals surface area contributed by atoms with Gasteiger partial charge >= 0.3 is 0 Å². The van der Waals surface area contributed by atoms with Crippen LogP contribution in [-0.2, 0) is 19.7 Å². The van der Waals surface area contributed by atoms with E-state index in [1.807, 2.05) is 0 Å². The second-order valence-electron chi connectivity index (χ2n) is 5.68. The Morgan fingerprint density at radius 1 is 1.36 bits per heavy atom. The molecule has 2 aliphatic heterocycles. The Morgan fingerprint density at radius 2 is 2.04 bits per heavy atom. The van der Waals surface area contributed by atoms with E-state index in [1.165, 1.54) is 0 Å². The van der Waals surface area contributed by atoms with Gasteiger partial charge in [-0.25, -0.2) is 31.0 Å². The Balaban J connectivity index is 2.16. The van der Waals surface area contributed by atoms with E-state index in [0.29, 0.717) is 11.8 Å². The highest BCUT2D eigenvalue weighted by Gasteiger charge is 2.43. The number of sulfone groups is 2. The van der Waals surface area contributed by atoms with Crippen molar-refractivity contribution < 1.29 is 25.6 Å². The van der Waals surface area contributed by atoms with Gasteiger partial charge in [0.15, 0.2) is 41.6 Å². The maximum Gasteiger partial charge on any atom is 0.185 e. The van der Waals surface area contributed by atoms with Crippen LogP contribution in [0.25, 0.3) is 0 Å². The molecule has 0 radical (unpaired) electrons. The van der Waals surface area contributed by atoms with Crippen LogP contribution in [0.3, 0.4) is 0 Å². The van der Waals surface area contributed by atoms with Gasteiger partial charge in [0.25, 0.3) is 0 Å². The highest BCUT2D eigenvalue weighted by Crippen LogP contribution is 2.48. The van der Waals surface area contributed by atoms with Gasteiger partial charge < -0.3 is 11.5 Å². The third kappa shape index (κ3) is 3.61. The predicted octanol–water partition coefficient (Wildman–Crippen LogP) is -0.995. The molecule has 154 valence electrons. The number of hydrogen-bond donors (Lipinski definition) is 4. The van der Waals surface area contributed by atoms with Gasteiger partial charge in [0, 0.05) is 6.54 Å². The van der Waals surface area contributed by atoms with Gasteiger partial charge in [0.2, 0.25) is 0 Å². The maximum absolute atomic E-state index is 14.8. The molecule has 28 heavy (non-hydrogen) atoms. The van der Waals surface area contributed by atoms with E-state index < -0.39 is 52.6 Å². The summed E-state index contributed by atoms with van der Waals surface area (Å²) < 4.78 is 79.5. The van der Waals surface area contributed by atoms with E-state index >= 15 is 0 Å². The predicted molar refractivity (Wildman–Crippen MR) is 103 cm³/mol. The number of hydrogen-bond acceptors (Lipinski definition) is 10. The number of benzene rings is 1. The Morgan fingerprint density at radius 3 is 2.68 bits per heavy atom. The lowest BCUT2D eigenvalue weighted by atomic mass is 10.2. The zero-order chi connectivity index (χ0) is 20.9. The summed E-state index contributed by atoms with van der Waals surface area (Å²) in [7, 11) is -8.55. The lowest BCUT2D eigenvalue weighted by Crippen LogP contribution is -2.43. The number of anilines is 1. The molecule has 0 spiro atoms. The summed E-state index contributed by atoms with van der Waals surface area (Å²) >= 11 is 5.11. The first-order valence-corrected chi connectivity index (χ1v) is 12.1. The van der Waals surface area contributed by atoms with E-state index in [1.54, 1.807) is 0 Å². The average molecular weight is 473 g/mol. The third-order valence-electron chi connectivity index (χ3n) is 3.81. The van der Waals surface area contributed by atoms with Crippen LogP contribution >= 0.6 is 24.0 Å². The van der Waals surface area contributed by atoms with Gasteiger partial charge in [-0.2, -0.15) is 0 Å². The van der Waals surface area contributed by atoms with Crippen molar-refractivity contribution in [1.29, 1.82) is 0 Å². The molecule has 0 amide bonds. The lowest BCUT2D eigenvalue weighted by molar-refractivity contribution is 0.455. The Bertz CT molecular complexity index is 1110. The molecule has 0 aromatic heterocycles. The highest BCUT2D eigenvalue weighted by molar-refractivity contribution is 8.14. The second kappa shape index (κ2) is 7.25. The molecule has 0 saturated carbocycles. The molecule has 0 bridgehead atoms. The highest BCUT2D eigenvalue weighted by atomic mass is 32.2. The van der Waals surface area contributed by atoms with Crippen molar-refractivity contribution in [3.05, 3.63) is 11.6 Å². The van der Waals surface area contributed by atoms with Gasteiger partial charge in [-0.05, 0) is 24.0 Å². The van der Waals surface area contributed by atoms with E-state index in [-0.39, 0.29) is 34.0 Å². The molecule has 2 heterocycles. The molecule has 16 heteroatoms. The van der Waals surface area contributed by atoms with E-state index in [9.17, 15) is 25.6 Å². The fourth-order valence-electron chi connectivity index (χ4n) is 2.71. The van der Waals surface area contributed by atoms with Crippen molar-refractivity contribution in [1.82, 2.24) is 10.9 Å². The molecule has 1 aromatic carbocycles. The number of hydrazine groups is 1. The standard InChI is InChI=1S/C12H14F2N6O4S4/c13-5-6(14)10(27(21,22)3-1-17-18-11(15)25)8-7-9(5)28(23,24)4-2-20(7)19-12(16)26-8/h17H,1-4H2,(H2,16,19)(H3,15,18,25). The van der Waals surface area contributed by atoms with Gasteiger partial charge in [-0.1, -0.05) is 0 Å². The van der Waals surface area contributed by atoms with Crippen molar-refractivity contribution in [2.75, 3.05) is 29.6 Å². The number of hydrazone groups is 1. The zero-order valence-corrected chi connectivity index (χ0v) is 17.2. The minimum Gasteiger partial charge on any atom is -0.377 e. The normalized spacial score (nSPS) is 17.6. The van der Waals surface area contributed by atoms with Crippen LogP contribution in [0.2, 0.25) is 0 Å². The topological polar surface area (TPSA) is 160 Å². The Labute approximate surface area is 168 Å². The van der Waals surface area contributed by atoms with Crippen molar-refractivity contribution in [2.45, 2.75) is 14.7 Å². The number of rotatable bonds is 5. The molecular weight excluding hydrogens is 458 g/mol. The Hall–Kier alpha value is -1.75. The lowest BCUT2D eigenvalue weighted by Gasteiger charge is -2.33. The maximum atomic E-state index is 14.8. The summed E-state index contributed by atoms with van der Waals surface area (Å²) in [4.78, 5) is -2.19. The molecule has 10 nitrogen and oxygen atoms in total. The van der Waals surface area contributed by atoms with Crippen LogP contribution in [0.15, 0.2) is 19.8 Å². The van der Waals surface area contributed by atoms with Crippen molar-refractivity contribution in [2.24, 2.45) is 16.6 Å². The second-order valence-corrected chi connectivity index (χ2v) is 11.2. The number of halogens is 2. The fourth-order valence-corrected chi connectivity index (χ4v) is 6.98. The van der Waals surface area contributed by atoms with Crippen LogP contribution in [-0.4, -0.2) is 51.7 Å². The Kier molecular flexibility index (Phi) is 5.43. The molecule has 0 aliphatic carbocycles. The molecule has 3 rings (SSSR count).